The van der Waals surface area contributed by atoms with Crippen molar-refractivity contribution in [2.24, 2.45) is 0 Å². The summed E-state index contributed by atoms with van der Waals surface area (Å²) < 4.78 is 27.3. The molecule has 0 unspecified atom stereocenters. The van der Waals surface area contributed by atoms with E-state index in [0.29, 0.717) is 24.5 Å². The van der Waals surface area contributed by atoms with E-state index in [9.17, 15) is 8.42 Å². The van der Waals surface area contributed by atoms with Crippen LogP contribution in [0.2, 0.25) is 0 Å². The summed E-state index contributed by atoms with van der Waals surface area (Å²) >= 11 is 0. The van der Waals surface area contributed by atoms with Crippen LogP contribution in [-0.2, 0) is 16.6 Å². The number of aryl methyl sites for hydroxylation is 1. The summed E-state index contributed by atoms with van der Waals surface area (Å²) in [5.74, 6) is 0. The van der Waals surface area contributed by atoms with E-state index in [1.165, 1.54) is 0 Å². The Hall–Kier alpha value is -0.950. The van der Waals surface area contributed by atoms with Gasteiger partial charge in [0.2, 0.25) is 10.0 Å². The second kappa shape index (κ2) is 7.73. The van der Waals surface area contributed by atoms with Gasteiger partial charge in [0.15, 0.2) is 0 Å². The predicted octanol–water partition coefficient (Wildman–Crippen LogP) is 0.944. The Bertz CT molecular complexity index is 529. The summed E-state index contributed by atoms with van der Waals surface area (Å²) in [6.45, 7) is 6.53. The van der Waals surface area contributed by atoms with Gasteiger partial charge in [0.1, 0.15) is 0 Å². The van der Waals surface area contributed by atoms with Crippen molar-refractivity contribution in [1.29, 1.82) is 0 Å². The Kier molecular flexibility index (Phi) is 6.61. The molecule has 0 radical (unpaired) electrons. The van der Waals surface area contributed by atoms with Gasteiger partial charge in [-0.1, -0.05) is 19.1 Å². The summed E-state index contributed by atoms with van der Waals surface area (Å²) in [6, 6.07) is 5.52. The molecule has 0 atom stereocenters. The third-order valence-corrected chi connectivity index (χ3v) is 4.85. The lowest BCUT2D eigenvalue weighted by Gasteiger charge is -2.15. The molecule has 0 heterocycles. The first kappa shape index (κ1) is 17.1. The van der Waals surface area contributed by atoms with Crippen LogP contribution in [0, 0.1) is 6.92 Å². The van der Waals surface area contributed by atoms with Crippen molar-refractivity contribution in [3.63, 3.8) is 0 Å². The first-order chi connectivity index (χ1) is 9.40. The minimum absolute atomic E-state index is 0.365. The van der Waals surface area contributed by atoms with Crippen LogP contribution in [0.3, 0.4) is 0 Å². The SMILES string of the molecule is CCN(C)CCNS(=O)(=O)c1cc(CNC)ccc1C. The second-order valence-corrected chi connectivity index (χ2v) is 6.66. The Morgan fingerprint density at radius 1 is 1.30 bits per heavy atom. The van der Waals surface area contributed by atoms with Gasteiger partial charge in [-0.25, -0.2) is 13.1 Å². The molecule has 1 aromatic carbocycles. The third-order valence-electron chi connectivity index (χ3n) is 3.25. The Balaban J connectivity index is 2.83. The van der Waals surface area contributed by atoms with Crippen LogP contribution in [0.1, 0.15) is 18.1 Å². The van der Waals surface area contributed by atoms with Crippen molar-refractivity contribution in [2.75, 3.05) is 33.7 Å². The molecule has 0 saturated heterocycles. The first-order valence-electron chi connectivity index (χ1n) is 6.83. The van der Waals surface area contributed by atoms with Crippen LogP contribution in [0.15, 0.2) is 23.1 Å². The van der Waals surface area contributed by atoms with Crippen molar-refractivity contribution in [1.82, 2.24) is 14.9 Å². The zero-order chi connectivity index (χ0) is 15.2. The number of nitrogens with zero attached hydrogens (tertiary/aromatic N) is 1. The highest BCUT2D eigenvalue weighted by Crippen LogP contribution is 2.16. The van der Waals surface area contributed by atoms with Crippen LogP contribution in [0.25, 0.3) is 0 Å². The van der Waals surface area contributed by atoms with Crippen molar-refractivity contribution < 1.29 is 8.42 Å². The van der Waals surface area contributed by atoms with Crippen LogP contribution in [0.4, 0.5) is 0 Å². The van der Waals surface area contributed by atoms with Gasteiger partial charge in [-0.05, 0) is 44.8 Å². The zero-order valence-corrected chi connectivity index (χ0v) is 13.5. The van der Waals surface area contributed by atoms with Crippen molar-refractivity contribution >= 4 is 10.0 Å². The van der Waals surface area contributed by atoms with E-state index in [1.807, 2.05) is 40.1 Å². The largest absolute Gasteiger partial charge is 0.316 e. The fourth-order valence-electron chi connectivity index (χ4n) is 1.85. The molecule has 0 amide bonds. The maximum atomic E-state index is 12.3. The summed E-state index contributed by atoms with van der Waals surface area (Å²) in [6.07, 6.45) is 0. The number of benzene rings is 1. The Morgan fingerprint density at radius 2 is 2.00 bits per heavy atom. The van der Waals surface area contributed by atoms with Crippen molar-refractivity contribution in [3.8, 4) is 0 Å². The number of sulfonamides is 1. The van der Waals surface area contributed by atoms with Crippen LogP contribution >= 0.6 is 0 Å². The summed E-state index contributed by atoms with van der Waals surface area (Å²) in [5, 5.41) is 3.03. The van der Waals surface area contributed by atoms with Crippen LogP contribution < -0.4 is 10.0 Å². The minimum Gasteiger partial charge on any atom is -0.316 e. The average molecular weight is 299 g/mol. The van der Waals surface area contributed by atoms with Gasteiger partial charge in [0.05, 0.1) is 4.90 Å². The maximum Gasteiger partial charge on any atom is 0.240 e. The standard InChI is InChI=1S/C14H25N3O2S/c1-5-17(4)9-8-16-20(18,19)14-10-13(11-15-3)7-6-12(14)2/h6-7,10,15-16H,5,8-9,11H2,1-4H3. The van der Waals surface area contributed by atoms with E-state index >= 15 is 0 Å². The molecule has 114 valence electrons. The average Bonchev–Trinajstić information content (AvgIpc) is 2.40. The maximum absolute atomic E-state index is 12.3. The molecule has 0 fully saturated rings. The first-order valence-corrected chi connectivity index (χ1v) is 8.31. The fraction of sp³-hybridized carbons (Fsp3) is 0.571. The molecule has 0 aliphatic heterocycles. The van der Waals surface area contributed by atoms with Gasteiger partial charge in [0.25, 0.3) is 0 Å². The van der Waals surface area contributed by atoms with Gasteiger partial charge in [-0.2, -0.15) is 0 Å². The molecule has 0 bridgehead atoms. The van der Waals surface area contributed by atoms with Crippen LogP contribution in [-0.4, -0.2) is 47.0 Å². The fourth-order valence-corrected chi connectivity index (χ4v) is 3.17. The lowest BCUT2D eigenvalue weighted by Crippen LogP contribution is -2.33. The Labute approximate surface area is 122 Å². The van der Waals surface area contributed by atoms with E-state index in [0.717, 1.165) is 17.7 Å². The normalized spacial score (nSPS) is 12.1. The predicted molar refractivity (Wildman–Crippen MR) is 82.3 cm³/mol. The molecule has 0 aromatic heterocycles. The molecule has 0 aliphatic rings. The summed E-state index contributed by atoms with van der Waals surface area (Å²) in [4.78, 5) is 2.43. The lowest BCUT2D eigenvalue weighted by atomic mass is 10.1. The van der Waals surface area contributed by atoms with Gasteiger partial charge < -0.3 is 10.2 Å². The molecule has 1 rings (SSSR count). The smallest absolute Gasteiger partial charge is 0.240 e. The van der Waals surface area contributed by atoms with E-state index < -0.39 is 10.0 Å². The molecule has 0 aliphatic carbocycles. The van der Waals surface area contributed by atoms with Crippen LogP contribution in [0.5, 0.6) is 0 Å². The molecule has 20 heavy (non-hydrogen) atoms. The number of nitrogens with one attached hydrogen (secondary N) is 2. The van der Waals surface area contributed by atoms with Gasteiger partial charge in [0, 0.05) is 19.6 Å². The van der Waals surface area contributed by atoms with E-state index in [-0.39, 0.29) is 0 Å². The topological polar surface area (TPSA) is 61.4 Å². The molecular weight excluding hydrogens is 274 g/mol. The molecule has 0 spiro atoms. The number of hydrogen-bond acceptors (Lipinski definition) is 4. The molecule has 2 N–H and O–H groups in total. The van der Waals surface area contributed by atoms with Gasteiger partial charge >= 0.3 is 0 Å². The highest BCUT2D eigenvalue weighted by Gasteiger charge is 2.16. The molecule has 6 heteroatoms. The second-order valence-electron chi connectivity index (χ2n) is 4.92. The third kappa shape index (κ3) is 4.86. The number of likely N-dealkylation sites (N-methyl/N-ethyl adjacent to an activating group) is 1. The lowest BCUT2D eigenvalue weighted by molar-refractivity contribution is 0.358. The highest BCUT2D eigenvalue weighted by atomic mass is 32.2. The molecule has 0 saturated carbocycles. The van der Waals surface area contributed by atoms with Crippen molar-refractivity contribution in [3.05, 3.63) is 29.3 Å². The van der Waals surface area contributed by atoms with E-state index in [2.05, 4.69) is 14.9 Å². The van der Waals surface area contributed by atoms with Gasteiger partial charge in [-0.3, -0.25) is 0 Å². The summed E-state index contributed by atoms with van der Waals surface area (Å²) in [5.41, 5.74) is 1.73. The van der Waals surface area contributed by atoms with Crippen molar-refractivity contribution in [2.45, 2.75) is 25.3 Å². The number of rotatable bonds is 8. The molecule has 1 aromatic rings. The highest BCUT2D eigenvalue weighted by molar-refractivity contribution is 7.89. The molecular formula is C14H25N3O2S. The number of hydrogen-bond donors (Lipinski definition) is 2. The van der Waals surface area contributed by atoms with Gasteiger partial charge in [-0.15, -0.1) is 0 Å². The summed E-state index contributed by atoms with van der Waals surface area (Å²) in [7, 11) is 0.365. The quantitative estimate of drug-likeness (QED) is 0.750. The molecule has 5 nitrogen and oxygen atoms in total. The zero-order valence-electron chi connectivity index (χ0n) is 12.7. The monoisotopic (exact) mass is 299 g/mol. The Morgan fingerprint density at radius 3 is 2.60 bits per heavy atom. The van der Waals surface area contributed by atoms with E-state index in [1.54, 1.807) is 6.07 Å². The minimum atomic E-state index is -3.44. The van der Waals surface area contributed by atoms with E-state index in [4.69, 9.17) is 0 Å².